The van der Waals surface area contributed by atoms with E-state index in [4.69, 9.17) is 13.9 Å². The van der Waals surface area contributed by atoms with E-state index in [2.05, 4.69) is 0 Å². The van der Waals surface area contributed by atoms with Gasteiger partial charge < -0.3 is 13.9 Å². The molecule has 0 atom stereocenters. The van der Waals surface area contributed by atoms with Crippen molar-refractivity contribution in [2.24, 2.45) is 5.92 Å². The fourth-order valence-electron chi connectivity index (χ4n) is 2.13. The fourth-order valence-corrected chi connectivity index (χ4v) is 2.13. The van der Waals surface area contributed by atoms with Gasteiger partial charge in [0, 0.05) is 30.0 Å². The van der Waals surface area contributed by atoms with E-state index < -0.39 is 5.63 Å². The van der Waals surface area contributed by atoms with Crippen molar-refractivity contribution in [2.75, 3.05) is 14.2 Å². The molecule has 112 valence electrons. The van der Waals surface area contributed by atoms with E-state index in [0.29, 0.717) is 28.0 Å². The molecule has 0 N–H and O–H groups in total. The van der Waals surface area contributed by atoms with Gasteiger partial charge in [0.25, 0.3) is 0 Å². The minimum absolute atomic E-state index is 0.0475. The average molecular weight is 290 g/mol. The molecule has 0 aliphatic heterocycles. The summed E-state index contributed by atoms with van der Waals surface area (Å²) in [5.74, 6) is 0.947. The van der Waals surface area contributed by atoms with Crippen LogP contribution in [0.2, 0.25) is 0 Å². The SMILES string of the molecule is COc1cc(OC)c2ccc(=O)oc2c1CC(=O)C(C)C. The van der Waals surface area contributed by atoms with Gasteiger partial charge in [-0.2, -0.15) is 0 Å². The molecule has 1 heterocycles. The zero-order valence-corrected chi connectivity index (χ0v) is 12.6. The van der Waals surface area contributed by atoms with E-state index in [0.717, 1.165) is 0 Å². The summed E-state index contributed by atoms with van der Waals surface area (Å²) in [5.41, 5.74) is 0.438. The lowest BCUT2D eigenvalue weighted by molar-refractivity contribution is -0.121. The highest BCUT2D eigenvalue weighted by Crippen LogP contribution is 2.35. The first kappa shape index (κ1) is 15.1. The Morgan fingerprint density at radius 1 is 1.19 bits per heavy atom. The van der Waals surface area contributed by atoms with Gasteiger partial charge in [-0.1, -0.05) is 13.8 Å². The predicted molar refractivity (Wildman–Crippen MR) is 79.1 cm³/mol. The number of fused-ring (bicyclic) bond motifs is 1. The molecular formula is C16H18O5. The van der Waals surface area contributed by atoms with Crippen LogP contribution in [0.15, 0.2) is 27.4 Å². The van der Waals surface area contributed by atoms with Crippen molar-refractivity contribution in [3.63, 3.8) is 0 Å². The molecule has 0 radical (unpaired) electrons. The van der Waals surface area contributed by atoms with Crippen LogP contribution in [-0.2, 0) is 11.2 Å². The van der Waals surface area contributed by atoms with E-state index in [1.807, 2.05) is 13.8 Å². The van der Waals surface area contributed by atoms with Crippen LogP contribution in [-0.4, -0.2) is 20.0 Å². The Hall–Kier alpha value is -2.30. The number of carbonyl (C=O) groups excluding carboxylic acids is 1. The van der Waals surface area contributed by atoms with Crippen LogP contribution >= 0.6 is 0 Å². The van der Waals surface area contributed by atoms with Gasteiger partial charge in [0.2, 0.25) is 0 Å². The number of benzene rings is 1. The zero-order valence-electron chi connectivity index (χ0n) is 12.6. The average Bonchev–Trinajstić information content (AvgIpc) is 2.47. The van der Waals surface area contributed by atoms with Gasteiger partial charge in [-0.25, -0.2) is 4.79 Å². The molecule has 0 saturated carbocycles. The van der Waals surface area contributed by atoms with Gasteiger partial charge in [0.05, 0.1) is 19.6 Å². The summed E-state index contributed by atoms with van der Waals surface area (Å²) in [4.78, 5) is 23.6. The maximum atomic E-state index is 12.1. The molecule has 0 aliphatic rings. The summed E-state index contributed by atoms with van der Waals surface area (Å²) in [6.45, 7) is 3.66. The fraction of sp³-hybridized carbons (Fsp3) is 0.375. The molecule has 21 heavy (non-hydrogen) atoms. The van der Waals surface area contributed by atoms with Crippen LogP contribution in [0.25, 0.3) is 11.0 Å². The first-order valence-electron chi connectivity index (χ1n) is 6.68. The minimum Gasteiger partial charge on any atom is -0.496 e. The summed E-state index contributed by atoms with van der Waals surface area (Å²) in [7, 11) is 3.03. The maximum absolute atomic E-state index is 12.1. The number of carbonyl (C=O) groups is 1. The lowest BCUT2D eigenvalue weighted by atomic mass is 9.98. The molecule has 0 amide bonds. The third-order valence-electron chi connectivity index (χ3n) is 3.37. The highest BCUT2D eigenvalue weighted by atomic mass is 16.5. The van der Waals surface area contributed by atoms with Gasteiger partial charge >= 0.3 is 5.63 Å². The van der Waals surface area contributed by atoms with Crippen LogP contribution < -0.4 is 15.1 Å². The Morgan fingerprint density at radius 2 is 1.86 bits per heavy atom. The van der Waals surface area contributed by atoms with E-state index in [-0.39, 0.29) is 18.1 Å². The van der Waals surface area contributed by atoms with Crippen LogP contribution in [0.4, 0.5) is 0 Å². The molecule has 0 unspecified atom stereocenters. The van der Waals surface area contributed by atoms with Crippen LogP contribution in [0.5, 0.6) is 11.5 Å². The molecular weight excluding hydrogens is 272 g/mol. The Morgan fingerprint density at radius 3 is 2.43 bits per heavy atom. The molecule has 1 aromatic carbocycles. The first-order chi connectivity index (χ1) is 9.97. The van der Waals surface area contributed by atoms with Gasteiger partial charge in [-0.05, 0) is 6.07 Å². The van der Waals surface area contributed by atoms with Crippen molar-refractivity contribution >= 4 is 16.8 Å². The number of ether oxygens (including phenoxy) is 2. The topological polar surface area (TPSA) is 65.7 Å². The van der Waals surface area contributed by atoms with Crippen molar-refractivity contribution in [3.05, 3.63) is 34.2 Å². The minimum atomic E-state index is -0.476. The zero-order chi connectivity index (χ0) is 15.6. The number of ketones is 1. The number of hydrogen-bond acceptors (Lipinski definition) is 5. The molecule has 0 aliphatic carbocycles. The standard InChI is InChI=1S/C16H18O5/c1-9(2)12(17)7-11-14(20-4)8-13(19-3)10-5-6-15(18)21-16(10)11/h5-6,8-9H,7H2,1-4H3. The second-order valence-corrected chi connectivity index (χ2v) is 5.05. The number of methoxy groups -OCH3 is 2. The van der Waals surface area contributed by atoms with Crippen LogP contribution in [0.3, 0.4) is 0 Å². The molecule has 1 aromatic heterocycles. The molecule has 0 fully saturated rings. The van der Waals surface area contributed by atoms with Crippen LogP contribution in [0.1, 0.15) is 19.4 Å². The summed E-state index contributed by atoms with van der Waals surface area (Å²) < 4.78 is 15.9. The van der Waals surface area contributed by atoms with Crippen molar-refractivity contribution < 1.29 is 18.7 Å². The summed E-state index contributed by atoms with van der Waals surface area (Å²) >= 11 is 0. The van der Waals surface area contributed by atoms with E-state index in [9.17, 15) is 9.59 Å². The molecule has 0 bridgehead atoms. The Kier molecular flexibility index (Phi) is 4.31. The summed E-state index contributed by atoms with van der Waals surface area (Å²) in [6.07, 6.45) is 0.147. The van der Waals surface area contributed by atoms with Crippen molar-refractivity contribution in [1.29, 1.82) is 0 Å². The predicted octanol–water partition coefficient (Wildman–Crippen LogP) is 2.58. The monoisotopic (exact) mass is 290 g/mol. The molecule has 0 spiro atoms. The normalized spacial score (nSPS) is 10.9. The van der Waals surface area contributed by atoms with Gasteiger partial charge in [-0.15, -0.1) is 0 Å². The largest absolute Gasteiger partial charge is 0.496 e. The Bertz CT molecular complexity index is 727. The molecule has 2 aromatic rings. The van der Waals surface area contributed by atoms with Gasteiger partial charge in [0.1, 0.15) is 22.9 Å². The van der Waals surface area contributed by atoms with Crippen molar-refractivity contribution in [1.82, 2.24) is 0 Å². The first-order valence-corrected chi connectivity index (χ1v) is 6.68. The van der Waals surface area contributed by atoms with E-state index in [1.54, 1.807) is 12.1 Å². The third-order valence-corrected chi connectivity index (χ3v) is 3.37. The van der Waals surface area contributed by atoms with Gasteiger partial charge in [-0.3, -0.25) is 4.79 Å². The third kappa shape index (κ3) is 2.91. The number of rotatable bonds is 5. The van der Waals surface area contributed by atoms with Gasteiger partial charge in [0.15, 0.2) is 0 Å². The number of hydrogen-bond donors (Lipinski definition) is 0. The molecule has 5 heteroatoms. The van der Waals surface area contributed by atoms with Crippen molar-refractivity contribution in [3.8, 4) is 11.5 Å². The smallest absolute Gasteiger partial charge is 0.336 e. The lowest BCUT2D eigenvalue weighted by Gasteiger charge is -2.14. The molecule has 0 saturated heterocycles. The van der Waals surface area contributed by atoms with E-state index in [1.165, 1.54) is 20.3 Å². The van der Waals surface area contributed by atoms with E-state index >= 15 is 0 Å². The maximum Gasteiger partial charge on any atom is 0.336 e. The van der Waals surface area contributed by atoms with Crippen LogP contribution in [0, 0.1) is 5.92 Å². The second kappa shape index (κ2) is 5.99. The second-order valence-electron chi connectivity index (χ2n) is 5.05. The summed E-state index contributed by atoms with van der Waals surface area (Å²) in [5, 5.41) is 0.643. The summed E-state index contributed by atoms with van der Waals surface area (Å²) in [6, 6.07) is 4.65. The lowest BCUT2D eigenvalue weighted by Crippen LogP contribution is -2.12. The number of Topliss-reactive ketones (excluding diaryl/α,β-unsaturated/α-hetero) is 1. The highest BCUT2D eigenvalue weighted by molar-refractivity contribution is 5.93. The Balaban J connectivity index is 2.74. The van der Waals surface area contributed by atoms with Crippen molar-refractivity contribution in [2.45, 2.75) is 20.3 Å². The quantitative estimate of drug-likeness (QED) is 0.792. The molecule has 2 rings (SSSR count). The highest BCUT2D eigenvalue weighted by Gasteiger charge is 2.19. The Labute approximate surface area is 122 Å². The molecule has 5 nitrogen and oxygen atoms in total.